The van der Waals surface area contributed by atoms with E-state index in [4.69, 9.17) is 4.74 Å². The van der Waals surface area contributed by atoms with Crippen molar-refractivity contribution in [2.24, 2.45) is 5.92 Å². The maximum absolute atomic E-state index is 9.85. The van der Waals surface area contributed by atoms with E-state index in [2.05, 4.69) is 13.8 Å². The number of methoxy groups -OCH3 is 1. The standard InChI is InChI=1S/C9H20O2/c1-5-8(6-2)9(3,10)7-11-4/h8,10H,5-7H2,1-4H3. The quantitative estimate of drug-likeness (QED) is 0.664. The van der Waals surface area contributed by atoms with Crippen LogP contribution in [0.25, 0.3) is 0 Å². The van der Waals surface area contributed by atoms with Gasteiger partial charge in [-0.25, -0.2) is 0 Å². The van der Waals surface area contributed by atoms with Gasteiger partial charge in [0.1, 0.15) is 0 Å². The summed E-state index contributed by atoms with van der Waals surface area (Å²) in [4.78, 5) is 0. The van der Waals surface area contributed by atoms with Gasteiger partial charge in [0.15, 0.2) is 0 Å². The van der Waals surface area contributed by atoms with Crippen LogP contribution in [0.3, 0.4) is 0 Å². The van der Waals surface area contributed by atoms with Crippen molar-refractivity contribution in [2.75, 3.05) is 13.7 Å². The van der Waals surface area contributed by atoms with Gasteiger partial charge in [-0.05, 0) is 12.8 Å². The molecule has 0 fully saturated rings. The van der Waals surface area contributed by atoms with Crippen LogP contribution < -0.4 is 0 Å². The lowest BCUT2D eigenvalue weighted by Gasteiger charge is -2.30. The molecule has 0 aliphatic carbocycles. The Kier molecular flexibility index (Phi) is 4.69. The molecule has 0 heterocycles. The number of aliphatic hydroxyl groups is 1. The summed E-state index contributed by atoms with van der Waals surface area (Å²) >= 11 is 0. The van der Waals surface area contributed by atoms with Crippen molar-refractivity contribution in [1.29, 1.82) is 0 Å². The summed E-state index contributed by atoms with van der Waals surface area (Å²) in [6, 6.07) is 0. The molecule has 2 nitrogen and oxygen atoms in total. The molecule has 68 valence electrons. The summed E-state index contributed by atoms with van der Waals surface area (Å²) in [6.07, 6.45) is 2.01. The van der Waals surface area contributed by atoms with Crippen molar-refractivity contribution in [2.45, 2.75) is 39.2 Å². The fraction of sp³-hybridized carbons (Fsp3) is 1.00. The van der Waals surface area contributed by atoms with E-state index in [-0.39, 0.29) is 0 Å². The third kappa shape index (κ3) is 3.21. The fourth-order valence-electron chi connectivity index (χ4n) is 1.58. The molecule has 0 saturated carbocycles. The van der Waals surface area contributed by atoms with Crippen LogP contribution in [0, 0.1) is 5.92 Å². The van der Waals surface area contributed by atoms with Crippen LogP contribution in [0.15, 0.2) is 0 Å². The zero-order chi connectivity index (χ0) is 8.91. The van der Waals surface area contributed by atoms with E-state index < -0.39 is 5.60 Å². The van der Waals surface area contributed by atoms with Gasteiger partial charge in [-0.3, -0.25) is 0 Å². The summed E-state index contributed by atoms with van der Waals surface area (Å²) < 4.78 is 4.94. The summed E-state index contributed by atoms with van der Waals surface area (Å²) in [5, 5.41) is 9.85. The highest BCUT2D eigenvalue weighted by molar-refractivity contribution is 4.79. The van der Waals surface area contributed by atoms with E-state index in [9.17, 15) is 5.11 Å². The predicted molar refractivity (Wildman–Crippen MR) is 46.6 cm³/mol. The fourth-order valence-corrected chi connectivity index (χ4v) is 1.58. The minimum absolute atomic E-state index is 0.349. The molecule has 1 unspecified atom stereocenters. The molecule has 11 heavy (non-hydrogen) atoms. The normalized spacial score (nSPS) is 16.9. The molecule has 0 aromatic rings. The van der Waals surface area contributed by atoms with Crippen molar-refractivity contribution < 1.29 is 9.84 Å². The van der Waals surface area contributed by atoms with Gasteiger partial charge in [-0.15, -0.1) is 0 Å². The molecule has 0 aromatic heterocycles. The molecular weight excluding hydrogens is 140 g/mol. The molecule has 1 atom stereocenters. The topological polar surface area (TPSA) is 29.5 Å². The second-order valence-electron chi connectivity index (χ2n) is 3.30. The van der Waals surface area contributed by atoms with Gasteiger partial charge in [0.2, 0.25) is 0 Å². The minimum atomic E-state index is -0.655. The van der Waals surface area contributed by atoms with E-state index in [1.165, 1.54) is 0 Å². The molecule has 0 aliphatic heterocycles. The number of rotatable bonds is 5. The highest BCUT2D eigenvalue weighted by Gasteiger charge is 2.28. The molecule has 2 heteroatoms. The average Bonchev–Trinajstić information content (AvgIpc) is 1.89. The Bertz CT molecular complexity index is 95.7. The summed E-state index contributed by atoms with van der Waals surface area (Å²) in [5.74, 6) is 0.349. The maximum atomic E-state index is 9.85. The van der Waals surface area contributed by atoms with Gasteiger partial charge >= 0.3 is 0 Å². The lowest BCUT2D eigenvalue weighted by Crippen LogP contribution is -2.38. The second kappa shape index (κ2) is 4.73. The summed E-state index contributed by atoms with van der Waals surface area (Å²) in [7, 11) is 1.62. The maximum Gasteiger partial charge on any atom is 0.0879 e. The highest BCUT2D eigenvalue weighted by atomic mass is 16.5. The van der Waals surface area contributed by atoms with Gasteiger partial charge < -0.3 is 9.84 Å². The van der Waals surface area contributed by atoms with E-state index in [0.717, 1.165) is 12.8 Å². The molecule has 0 rings (SSSR count). The summed E-state index contributed by atoms with van der Waals surface area (Å²) in [6.45, 7) is 6.46. The van der Waals surface area contributed by atoms with Gasteiger partial charge in [-0.2, -0.15) is 0 Å². The van der Waals surface area contributed by atoms with Crippen LogP contribution in [0.2, 0.25) is 0 Å². The van der Waals surface area contributed by atoms with E-state index >= 15 is 0 Å². The molecule has 0 aromatic carbocycles. The first kappa shape index (κ1) is 10.9. The van der Waals surface area contributed by atoms with Crippen LogP contribution in [0.4, 0.5) is 0 Å². The van der Waals surface area contributed by atoms with Gasteiger partial charge in [0.05, 0.1) is 12.2 Å². The first-order valence-corrected chi connectivity index (χ1v) is 4.29. The monoisotopic (exact) mass is 160 g/mol. The lowest BCUT2D eigenvalue weighted by molar-refractivity contribution is -0.0620. The van der Waals surface area contributed by atoms with E-state index in [1.807, 2.05) is 6.92 Å². The number of hydrogen-bond acceptors (Lipinski definition) is 2. The van der Waals surface area contributed by atoms with Crippen molar-refractivity contribution in [1.82, 2.24) is 0 Å². The molecule has 0 radical (unpaired) electrons. The number of hydrogen-bond donors (Lipinski definition) is 1. The van der Waals surface area contributed by atoms with Gasteiger partial charge in [-0.1, -0.05) is 26.7 Å². The van der Waals surface area contributed by atoms with Crippen LogP contribution >= 0.6 is 0 Å². The predicted octanol–water partition coefficient (Wildman–Crippen LogP) is 1.82. The Morgan fingerprint density at radius 3 is 2.09 bits per heavy atom. The highest BCUT2D eigenvalue weighted by Crippen LogP contribution is 2.23. The smallest absolute Gasteiger partial charge is 0.0879 e. The zero-order valence-corrected chi connectivity index (χ0v) is 8.05. The third-order valence-corrected chi connectivity index (χ3v) is 2.30. The molecule has 1 N–H and O–H groups in total. The molecule has 0 amide bonds. The Morgan fingerprint density at radius 2 is 1.82 bits per heavy atom. The van der Waals surface area contributed by atoms with Gasteiger partial charge in [0.25, 0.3) is 0 Å². The van der Waals surface area contributed by atoms with Crippen LogP contribution in [-0.2, 0) is 4.74 Å². The molecule has 0 bridgehead atoms. The lowest BCUT2D eigenvalue weighted by atomic mass is 9.86. The first-order valence-electron chi connectivity index (χ1n) is 4.29. The Hall–Kier alpha value is -0.0800. The molecule has 0 aliphatic rings. The van der Waals surface area contributed by atoms with Crippen LogP contribution in [-0.4, -0.2) is 24.4 Å². The Labute approximate surface area is 69.6 Å². The van der Waals surface area contributed by atoms with Crippen molar-refractivity contribution in [3.63, 3.8) is 0 Å². The number of ether oxygens (including phenoxy) is 1. The van der Waals surface area contributed by atoms with Crippen LogP contribution in [0.1, 0.15) is 33.6 Å². The largest absolute Gasteiger partial charge is 0.387 e. The molecule has 0 spiro atoms. The average molecular weight is 160 g/mol. The van der Waals surface area contributed by atoms with E-state index in [0.29, 0.717) is 12.5 Å². The van der Waals surface area contributed by atoms with Crippen molar-refractivity contribution in [3.05, 3.63) is 0 Å². The Morgan fingerprint density at radius 1 is 1.36 bits per heavy atom. The zero-order valence-electron chi connectivity index (χ0n) is 8.05. The second-order valence-corrected chi connectivity index (χ2v) is 3.30. The first-order chi connectivity index (χ1) is 5.08. The molecule has 0 saturated heterocycles. The SMILES string of the molecule is CCC(CC)C(C)(O)COC. The van der Waals surface area contributed by atoms with E-state index in [1.54, 1.807) is 7.11 Å². The van der Waals surface area contributed by atoms with Crippen LogP contribution in [0.5, 0.6) is 0 Å². The van der Waals surface area contributed by atoms with Crippen molar-refractivity contribution in [3.8, 4) is 0 Å². The van der Waals surface area contributed by atoms with Crippen molar-refractivity contribution >= 4 is 0 Å². The molecular formula is C9H20O2. The Balaban J connectivity index is 4.00. The van der Waals surface area contributed by atoms with Gasteiger partial charge in [0, 0.05) is 7.11 Å². The summed E-state index contributed by atoms with van der Waals surface area (Å²) in [5.41, 5.74) is -0.655. The third-order valence-electron chi connectivity index (χ3n) is 2.30. The minimum Gasteiger partial charge on any atom is -0.387 e.